The van der Waals surface area contributed by atoms with Gasteiger partial charge < -0.3 is 4.90 Å². The topological polar surface area (TPSA) is 3.24 Å². The average molecular weight is 123 g/mol. The van der Waals surface area contributed by atoms with Gasteiger partial charge in [0.25, 0.3) is 0 Å². The van der Waals surface area contributed by atoms with E-state index in [0.29, 0.717) is 0 Å². The second kappa shape index (κ2) is 3.53. The van der Waals surface area contributed by atoms with Gasteiger partial charge in [0, 0.05) is 19.4 Å². The zero-order valence-corrected chi connectivity index (χ0v) is 5.98. The standard InChI is InChI=1S/C8H13N/c1-9-7-5-3-2-4-6-8-9/h3,5-8H2,1H3. The Morgan fingerprint density at radius 1 is 1.11 bits per heavy atom. The van der Waals surface area contributed by atoms with Crippen molar-refractivity contribution in [2.24, 2.45) is 0 Å². The van der Waals surface area contributed by atoms with E-state index in [1.54, 1.807) is 0 Å². The van der Waals surface area contributed by atoms with Gasteiger partial charge in [-0.25, -0.2) is 0 Å². The molecule has 0 unspecified atom stereocenters. The molecule has 0 amide bonds. The zero-order chi connectivity index (χ0) is 6.53. The molecule has 0 saturated carbocycles. The Bertz CT molecular complexity index is 129. The highest BCUT2D eigenvalue weighted by Gasteiger charge is 1.96. The minimum atomic E-state index is 1.05. The van der Waals surface area contributed by atoms with Gasteiger partial charge in [0.2, 0.25) is 0 Å². The van der Waals surface area contributed by atoms with E-state index in [0.717, 1.165) is 19.4 Å². The van der Waals surface area contributed by atoms with Crippen LogP contribution in [0, 0.1) is 11.8 Å². The lowest BCUT2D eigenvalue weighted by Crippen LogP contribution is -2.21. The van der Waals surface area contributed by atoms with Crippen molar-refractivity contribution < 1.29 is 0 Å². The largest absolute Gasteiger partial charge is 0.305 e. The van der Waals surface area contributed by atoms with Crippen molar-refractivity contribution in [3.63, 3.8) is 0 Å². The predicted octanol–water partition coefficient (Wildman–Crippen LogP) is 1.11. The zero-order valence-electron chi connectivity index (χ0n) is 5.98. The van der Waals surface area contributed by atoms with E-state index in [1.807, 2.05) is 0 Å². The Labute approximate surface area is 57.0 Å². The fourth-order valence-electron chi connectivity index (χ4n) is 0.973. The Balaban J connectivity index is 2.32. The molecule has 1 heteroatoms. The molecule has 0 aromatic rings. The van der Waals surface area contributed by atoms with Crippen molar-refractivity contribution >= 4 is 0 Å². The molecular weight excluding hydrogens is 110 g/mol. The third-order valence-corrected chi connectivity index (χ3v) is 1.59. The molecule has 0 spiro atoms. The highest BCUT2D eigenvalue weighted by molar-refractivity contribution is 5.00. The van der Waals surface area contributed by atoms with Crippen LogP contribution < -0.4 is 0 Å². The van der Waals surface area contributed by atoms with Crippen LogP contribution in [0.3, 0.4) is 0 Å². The summed E-state index contributed by atoms with van der Waals surface area (Å²) in [6.07, 6.45) is 3.38. The molecule has 1 nitrogen and oxygen atoms in total. The Morgan fingerprint density at radius 2 is 1.89 bits per heavy atom. The fourth-order valence-corrected chi connectivity index (χ4v) is 0.973. The first-order valence-electron chi connectivity index (χ1n) is 3.54. The summed E-state index contributed by atoms with van der Waals surface area (Å²) in [6, 6.07) is 0. The van der Waals surface area contributed by atoms with Crippen LogP contribution >= 0.6 is 0 Å². The summed E-state index contributed by atoms with van der Waals surface area (Å²) in [5, 5.41) is 0. The molecule has 0 atom stereocenters. The number of nitrogens with zero attached hydrogens (tertiary/aromatic N) is 1. The number of hydrogen-bond donors (Lipinski definition) is 0. The lowest BCUT2D eigenvalue weighted by atomic mass is 10.2. The van der Waals surface area contributed by atoms with Crippen LogP contribution in [0.1, 0.15) is 19.3 Å². The van der Waals surface area contributed by atoms with Gasteiger partial charge in [0.1, 0.15) is 0 Å². The second-order valence-electron chi connectivity index (χ2n) is 2.51. The number of hydrogen-bond acceptors (Lipinski definition) is 1. The highest BCUT2D eigenvalue weighted by Crippen LogP contribution is 1.95. The van der Waals surface area contributed by atoms with E-state index in [4.69, 9.17) is 0 Å². The molecular formula is C8H13N. The normalized spacial score (nSPS) is 21.4. The van der Waals surface area contributed by atoms with E-state index in [2.05, 4.69) is 23.8 Å². The van der Waals surface area contributed by atoms with Gasteiger partial charge in [-0.15, -0.1) is 11.8 Å². The van der Waals surface area contributed by atoms with E-state index in [-0.39, 0.29) is 0 Å². The molecule has 0 aliphatic carbocycles. The third kappa shape index (κ3) is 2.53. The molecule has 1 heterocycles. The van der Waals surface area contributed by atoms with E-state index in [1.165, 1.54) is 13.0 Å². The maximum Gasteiger partial charge on any atom is 0.0216 e. The van der Waals surface area contributed by atoms with E-state index >= 15 is 0 Å². The van der Waals surface area contributed by atoms with Crippen LogP contribution in [-0.2, 0) is 0 Å². The third-order valence-electron chi connectivity index (χ3n) is 1.59. The predicted molar refractivity (Wildman–Crippen MR) is 39.1 cm³/mol. The quantitative estimate of drug-likeness (QED) is 0.436. The van der Waals surface area contributed by atoms with Gasteiger partial charge in [-0.2, -0.15) is 0 Å². The second-order valence-corrected chi connectivity index (χ2v) is 2.51. The van der Waals surface area contributed by atoms with Crippen molar-refractivity contribution in [3.8, 4) is 11.8 Å². The van der Waals surface area contributed by atoms with Crippen molar-refractivity contribution in [2.45, 2.75) is 19.3 Å². The molecule has 9 heavy (non-hydrogen) atoms. The van der Waals surface area contributed by atoms with Crippen molar-refractivity contribution in [1.82, 2.24) is 4.90 Å². The van der Waals surface area contributed by atoms with Crippen LogP contribution in [0.5, 0.6) is 0 Å². The van der Waals surface area contributed by atoms with Gasteiger partial charge in [-0.05, 0) is 20.0 Å². The molecule has 0 N–H and O–H groups in total. The summed E-state index contributed by atoms with van der Waals surface area (Å²) in [6.45, 7) is 2.36. The molecule has 0 radical (unpaired) electrons. The molecule has 0 saturated heterocycles. The Kier molecular flexibility index (Phi) is 2.60. The van der Waals surface area contributed by atoms with Gasteiger partial charge in [-0.3, -0.25) is 0 Å². The van der Waals surface area contributed by atoms with Crippen LogP contribution in [0.4, 0.5) is 0 Å². The maximum absolute atomic E-state index is 3.13. The summed E-state index contributed by atoms with van der Waals surface area (Å²) in [4.78, 5) is 2.34. The lowest BCUT2D eigenvalue weighted by Gasteiger charge is -2.14. The van der Waals surface area contributed by atoms with Crippen molar-refractivity contribution in [3.05, 3.63) is 0 Å². The fraction of sp³-hybridized carbons (Fsp3) is 0.750. The van der Waals surface area contributed by atoms with Crippen LogP contribution in [-0.4, -0.2) is 25.0 Å². The van der Waals surface area contributed by atoms with Gasteiger partial charge in [0.15, 0.2) is 0 Å². The first kappa shape index (κ1) is 6.64. The summed E-state index contributed by atoms with van der Waals surface area (Å²) in [5.41, 5.74) is 0. The molecule has 1 rings (SSSR count). The molecule has 1 aliphatic heterocycles. The molecule has 0 aromatic heterocycles. The maximum atomic E-state index is 3.13. The van der Waals surface area contributed by atoms with E-state index in [9.17, 15) is 0 Å². The summed E-state index contributed by atoms with van der Waals surface area (Å²) >= 11 is 0. The SMILES string of the molecule is CN1CCC#CCCC1. The van der Waals surface area contributed by atoms with Crippen LogP contribution in [0.2, 0.25) is 0 Å². The van der Waals surface area contributed by atoms with Gasteiger partial charge >= 0.3 is 0 Å². The summed E-state index contributed by atoms with van der Waals surface area (Å²) in [7, 11) is 2.16. The minimum absolute atomic E-state index is 1.05. The van der Waals surface area contributed by atoms with Crippen molar-refractivity contribution in [2.75, 3.05) is 20.1 Å². The first-order chi connectivity index (χ1) is 4.39. The summed E-state index contributed by atoms with van der Waals surface area (Å²) < 4.78 is 0. The monoisotopic (exact) mass is 123 g/mol. The first-order valence-corrected chi connectivity index (χ1v) is 3.54. The lowest BCUT2D eigenvalue weighted by molar-refractivity contribution is 0.337. The smallest absolute Gasteiger partial charge is 0.0216 e. The molecule has 1 aliphatic rings. The minimum Gasteiger partial charge on any atom is -0.305 e. The van der Waals surface area contributed by atoms with Gasteiger partial charge in [0.05, 0.1) is 0 Å². The molecule has 0 fully saturated rings. The highest BCUT2D eigenvalue weighted by atomic mass is 15.1. The Morgan fingerprint density at radius 3 is 2.78 bits per heavy atom. The molecule has 50 valence electrons. The number of rotatable bonds is 0. The van der Waals surface area contributed by atoms with Crippen LogP contribution in [0.15, 0.2) is 0 Å². The average Bonchev–Trinajstić information content (AvgIpc) is 1.79. The molecule has 0 aromatic carbocycles. The molecule has 0 bridgehead atoms. The van der Waals surface area contributed by atoms with Crippen LogP contribution in [0.25, 0.3) is 0 Å². The summed E-state index contributed by atoms with van der Waals surface area (Å²) in [5.74, 6) is 6.26. The van der Waals surface area contributed by atoms with Gasteiger partial charge in [-0.1, -0.05) is 0 Å². The van der Waals surface area contributed by atoms with Crippen molar-refractivity contribution in [1.29, 1.82) is 0 Å². The Hall–Kier alpha value is -0.480. The van der Waals surface area contributed by atoms with E-state index < -0.39 is 0 Å².